The Balaban J connectivity index is 2.01. The summed E-state index contributed by atoms with van der Waals surface area (Å²) in [6.07, 6.45) is 9.14. The lowest BCUT2D eigenvalue weighted by Gasteiger charge is -2.22. The van der Waals surface area contributed by atoms with Crippen molar-refractivity contribution in [1.29, 1.82) is 5.26 Å². The summed E-state index contributed by atoms with van der Waals surface area (Å²) >= 11 is 5.94. The molecule has 1 aliphatic carbocycles. The molecule has 1 N–H and O–H groups in total. The van der Waals surface area contributed by atoms with Gasteiger partial charge < -0.3 is 5.32 Å². The van der Waals surface area contributed by atoms with E-state index in [-0.39, 0.29) is 0 Å². The summed E-state index contributed by atoms with van der Waals surface area (Å²) < 4.78 is 0. The molecular weight excluding hydrogens is 244 g/mol. The highest BCUT2D eigenvalue weighted by Gasteiger charge is 2.11. The molecule has 0 aliphatic heterocycles. The van der Waals surface area contributed by atoms with Gasteiger partial charge in [0.2, 0.25) is 0 Å². The molecule has 0 aromatic heterocycles. The molecule has 0 amide bonds. The fourth-order valence-corrected chi connectivity index (χ4v) is 2.70. The van der Waals surface area contributed by atoms with E-state index in [1.807, 2.05) is 12.1 Å². The average molecular weight is 263 g/mol. The number of anilines is 1. The minimum absolute atomic E-state index is 0.528. The maximum atomic E-state index is 8.97. The van der Waals surface area contributed by atoms with E-state index in [1.165, 1.54) is 44.9 Å². The van der Waals surface area contributed by atoms with E-state index in [9.17, 15) is 0 Å². The van der Waals surface area contributed by atoms with Crippen LogP contribution in [-0.2, 0) is 0 Å². The lowest BCUT2D eigenvalue weighted by Crippen LogP contribution is -2.20. The second-order valence-electron chi connectivity index (χ2n) is 4.99. The third-order valence-electron chi connectivity index (χ3n) is 3.56. The van der Waals surface area contributed by atoms with E-state index in [0.29, 0.717) is 16.6 Å². The molecule has 2 nitrogen and oxygen atoms in total. The average Bonchev–Trinajstić information content (AvgIpc) is 2.34. The van der Waals surface area contributed by atoms with Crippen LogP contribution in [0.5, 0.6) is 0 Å². The van der Waals surface area contributed by atoms with Crippen molar-refractivity contribution >= 4 is 17.3 Å². The molecule has 1 aromatic rings. The number of halogens is 1. The van der Waals surface area contributed by atoms with Crippen molar-refractivity contribution in [2.75, 3.05) is 5.32 Å². The smallest absolute Gasteiger partial charge is 0.101 e. The molecule has 0 radical (unpaired) electrons. The summed E-state index contributed by atoms with van der Waals surface area (Å²) in [7, 11) is 0. The van der Waals surface area contributed by atoms with E-state index in [1.54, 1.807) is 6.07 Å². The van der Waals surface area contributed by atoms with Gasteiger partial charge in [0.15, 0.2) is 0 Å². The Morgan fingerprint density at radius 2 is 1.78 bits per heavy atom. The van der Waals surface area contributed by atoms with Gasteiger partial charge in [-0.15, -0.1) is 0 Å². The van der Waals surface area contributed by atoms with E-state index in [0.717, 1.165) is 5.69 Å². The quantitative estimate of drug-likeness (QED) is 0.836. The molecule has 1 aromatic carbocycles. The first kappa shape index (κ1) is 13.2. The normalized spacial score (nSPS) is 17.6. The van der Waals surface area contributed by atoms with Crippen molar-refractivity contribution in [2.24, 2.45) is 0 Å². The minimum Gasteiger partial charge on any atom is -0.382 e. The largest absolute Gasteiger partial charge is 0.382 e. The molecule has 0 unspecified atom stereocenters. The van der Waals surface area contributed by atoms with Gasteiger partial charge in [-0.3, -0.25) is 0 Å². The van der Waals surface area contributed by atoms with Gasteiger partial charge in [0.25, 0.3) is 0 Å². The maximum absolute atomic E-state index is 8.97. The fraction of sp³-hybridized carbons (Fsp3) is 0.533. The molecule has 96 valence electrons. The van der Waals surface area contributed by atoms with Crippen LogP contribution in [0.1, 0.15) is 50.5 Å². The first-order chi connectivity index (χ1) is 8.79. The molecule has 0 atom stereocenters. The molecule has 0 spiro atoms. The van der Waals surface area contributed by atoms with Crippen molar-refractivity contribution in [1.82, 2.24) is 0 Å². The van der Waals surface area contributed by atoms with Gasteiger partial charge in [-0.25, -0.2) is 0 Å². The van der Waals surface area contributed by atoms with Crippen LogP contribution in [-0.4, -0.2) is 6.04 Å². The number of nitriles is 1. The van der Waals surface area contributed by atoms with Gasteiger partial charge >= 0.3 is 0 Å². The number of hydrogen-bond donors (Lipinski definition) is 1. The summed E-state index contributed by atoms with van der Waals surface area (Å²) in [6, 6.07) is 8.27. The lowest BCUT2D eigenvalue weighted by atomic mass is 9.96. The Morgan fingerprint density at radius 1 is 1.11 bits per heavy atom. The first-order valence-corrected chi connectivity index (χ1v) is 7.13. The highest BCUT2D eigenvalue weighted by atomic mass is 35.5. The van der Waals surface area contributed by atoms with Crippen LogP contribution < -0.4 is 5.32 Å². The minimum atomic E-state index is 0.528. The molecule has 0 bridgehead atoms. The molecule has 18 heavy (non-hydrogen) atoms. The molecule has 0 heterocycles. The molecule has 1 fully saturated rings. The van der Waals surface area contributed by atoms with E-state index < -0.39 is 0 Å². The summed E-state index contributed by atoms with van der Waals surface area (Å²) in [5.41, 5.74) is 1.56. The van der Waals surface area contributed by atoms with Crippen molar-refractivity contribution in [2.45, 2.75) is 51.0 Å². The number of rotatable bonds is 2. The highest BCUT2D eigenvalue weighted by molar-refractivity contribution is 6.31. The van der Waals surface area contributed by atoms with Crippen molar-refractivity contribution < 1.29 is 0 Å². The van der Waals surface area contributed by atoms with Crippen molar-refractivity contribution in [3.8, 4) is 6.07 Å². The molecule has 1 aliphatic rings. The molecule has 0 saturated heterocycles. The van der Waals surface area contributed by atoms with E-state index in [4.69, 9.17) is 16.9 Å². The predicted molar refractivity (Wildman–Crippen MR) is 75.9 cm³/mol. The van der Waals surface area contributed by atoms with Crippen molar-refractivity contribution in [3.05, 3.63) is 28.8 Å². The van der Waals surface area contributed by atoms with Crippen LogP contribution in [0.3, 0.4) is 0 Å². The van der Waals surface area contributed by atoms with Crippen LogP contribution in [0.25, 0.3) is 0 Å². The summed E-state index contributed by atoms with van der Waals surface area (Å²) in [6.45, 7) is 0. The fourth-order valence-electron chi connectivity index (χ4n) is 2.54. The zero-order chi connectivity index (χ0) is 12.8. The topological polar surface area (TPSA) is 35.8 Å². The number of hydrogen-bond acceptors (Lipinski definition) is 2. The van der Waals surface area contributed by atoms with E-state index >= 15 is 0 Å². The van der Waals surface area contributed by atoms with Gasteiger partial charge in [0.05, 0.1) is 10.6 Å². The van der Waals surface area contributed by atoms with Gasteiger partial charge in [-0.2, -0.15) is 5.26 Å². The molecular formula is C15H19ClN2. The third kappa shape index (κ3) is 3.65. The monoisotopic (exact) mass is 262 g/mol. The van der Waals surface area contributed by atoms with Gasteiger partial charge in [-0.1, -0.05) is 43.7 Å². The summed E-state index contributed by atoms with van der Waals surface area (Å²) in [5, 5.41) is 13.0. The Kier molecular flexibility index (Phi) is 4.90. The standard InChI is InChI=1S/C15H19ClN2/c16-15-9-8-14(10-12(15)11-17)18-13-6-4-2-1-3-5-7-13/h8-10,13,18H,1-7H2. The zero-order valence-electron chi connectivity index (χ0n) is 10.6. The Labute approximate surface area is 114 Å². The number of benzene rings is 1. The van der Waals surface area contributed by atoms with E-state index in [2.05, 4.69) is 11.4 Å². The van der Waals surface area contributed by atoms with Crippen LogP contribution in [0, 0.1) is 11.3 Å². The van der Waals surface area contributed by atoms with Gasteiger partial charge in [0.1, 0.15) is 6.07 Å². The number of nitrogens with one attached hydrogen (secondary N) is 1. The van der Waals surface area contributed by atoms with Gasteiger partial charge in [0, 0.05) is 11.7 Å². The summed E-state index contributed by atoms with van der Waals surface area (Å²) in [4.78, 5) is 0. The third-order valence-corrected chi connectivity index (χ3v) is 3.89. The lowest BCUT2D eigenvalue weighted by molar-refractivity contribution is 0.471. The Bertz CT molecular complexity index is 429. The van der Waals surface area contributed by atoms with Crippen LogP contribution in [0.4, 0.5) is 5.69 Å². The van der Waals surface area contributed by atoms with Crippen LogP contribution >= 0.6 is 11.6 Å². The highest BCUT2D eigenvalue weighted by Crippen LogP contribution is 2.24. The second-order valence-corrected chi connectivity index (χ2v) is 5.40. The van der Waals surface area contributed by atoms with Gasteiger partial charge in [-0.05, 0) is 31.0 Å². The second kappa shape index (κ2) is 6.66. The molecule has 2 rings (SSSR count). The predicted octanol–water partition coefficient (Wildman–Crippen LogP) is 4.74. The SMILES string of the molecule is N#Cc1cc(NC2CCCCCCC2)ccc1Cl. The Morgan fingerprint density at radius 3 is 2.44 bits per heavy atom. The molecule has 3 heteroatoms. The zero-order valence-corrected chi connectivity index (χ0v) is 11.3. The number of nitrogens with zero attached hydrogens (tertiary/aromatic N) is 1. The van der Waals surface area contributed by atoms with Crippen LogP contribution in [0.15, 0.2) is 18.2 Å². The Hall–Kier alpha value is -1.20. The van der Waals surface area contributed by atoms with Crippen LogP contribution in [0.2, 0.25) is 5.02 Å². The van der Waals surface area contributed by atoms with Crippen molar-refractivity contribution in [3.63, 3.8) is 0 Å². The molecule has 1 saturated carbocycles. The maximum Gasteiger partial charge on any atom is 0.101 e. The summed E-state index contributed by atoms with van der Waals surface area (Å²) in [5.74, 6) is 0. The first-order valence-electron chi connectivity index (χ1n) is 6.76.